The maximum atomic E-state index is 11.6. The van der Waals surface area contributed by atoms with Crippen molar-refractivity contribution in [2.45, 2.75) is 44.8 Å². The third-order valence-electron chi connectivity index (χ3n) is 3.90. The Hall–Kier alpha value is -0.810. The average molecular weight is 348 g/mol. The molecule has 2 rings (SSSR count). The second-order valence-electron chi connectivity index (χ2n) is 5.64. The van der Waals surface area contributed by atoms with E-state index in [1.165, 1.54) is 18.4 Å². The second-order valence-corrected chi connectivity index (χ2v) is 5.64. The first-order valence-corrected chi connectivity index (χ1v) is 7.48. The molecule has 1 fully saturated rings. The number of halogens is 2. The first-order valence-electron chi connectivity index (χ1n) is 7.48. The van der Waals surface area contributed by atoms with Crippen LogP contribution in [0.3, 0.4) is 0 Å². The van der Waals surface area contributed by atoms with Crippen LogP contribution >= 0.6 is 24.8 Å². The fourth-order valence-electron chi connectivity index (χ4n) is 2.70. The van der Waals surface area contributed by atoms with Gasteiger partial charge in [0.05, 0.1) is 6.04 Å². The molecule has 6 heteroatoms. The molecule has 1 heterocycles. The number of nitrogens with one attached hydrogen (secondary N) is 1. The third kappa shape index (κ3) is 6.53. The van der Waals surface area contributed by atoms with E-state index in [2.05, 4.69) is 34.5 Å². The van der Waals surface area contributed by atoms with Gasteiger partial charge in [-0.25, -0.2) is 0 Å². The predicted octanol–water partition coefficient (Wildman–Crippen LogP) is 2.35. The van der Waals surface area contributed by atoms with Crippen LogP contribution in [0.2, 0.25) is 0 Å². The SMILES string of the molecule is C[C@@H](N)C(=O)NCC1CCCCN1Cc1ccccc1.Cl.Cl. The topological polar surface area (TPSA) is 58.4 Å². The normalized spacial score (nSPS) is 19.5. The molecule has 1 amide bonds. The summed E-state index contributed by atoms with van der Waals surface area (Å²) in [7, 11) is 0. The van der Waals surface area contributed by atoms with E-state index in [9.17, 15) is 4.79 Å². The number of hydrogen-bond donors (Lipinski definition) is 2. The van der Waals surface area contributed by atoms with E-state index in [-0.39, 0.29) is 30.7 Å². The van der Waals surface area contributed by atoms with Crippen LogP contribution in [-0.2, 0) is 11.3 Å². The lowest BCUT2D eigenvalue weighted by Gasteiger charge is -2.36. The molecule has 1 aliphatic rings. The van der Waals surface area contributed by atoms with Crippen molar-refractivity contribution >= 4 is 30.7 Å². The zero-order valence-corrected chi connectivity index (χ0v) is 14.7. The number of nitrogens with zero attached hydrogens (tertiary/aromatic N) is 1. The number of likely N-dealkylation sites (tertiary alicyclic amines) is 1. The summed E-state index contributed by atoms with van der Waals surface area (Å²) in [6.07, 6.45) is 3.63. The standard InChI is InChI=1S/C16H25N3O.2ClH/c1-13(17)16(20)18-11-15-9-5-6-10-19(15)12-14-7-3-2-4-8-14;;/h2-4,7-8,13,15H,5-6,9-12,17H2,1H3,(H,18,20);2*1H/t13-,15?;;/m1../s1. The lowest BCUT2D eigenvalue weighted by atomic mass is 10.0. The minimum atomic E-state index is -0.429. The molecule has 1 aromatic rings. The van der Waals surface area contributed by atoms with Gasteiger partial charge in [0.15, 0.2) is 0 Å². The van der Waals surface area contributed by atoms with Crippen LogP contribution in [0.4, 0.5) is 0 Å². The van der Waals surface area contributed by atoms with Crippen molar-refractivity contribution in [3.63, 3.8) is 0 Å². The molecule has 1 saturated heterocycles. The van der Waals surface area contributed by atoms with Gasteiger partial charge >= 0.3 is 0 Å². The molecule has 0 aliphatic carbocycles. The van der Waals surface area contributed by atoms with Crippen molar-refractivity contribution in [1.29, 1.82) is 0 Å². The molecule has 2 atom stereocenters. The molecule has 0 radical (unpaired) electrons. The second kappa shape index (κ2) is 10.8. The van der Waals surface area contributed by atoms with Crippen molar-refractivity contribution in [2.24, 2.45) is 5.73 Å². The zero-order chi connectivity index (χ0) is 14.4. The Kier molecular flexibility index (Phi) is 10.4. The largest absolute Gasteiger partial charge is 0.353 e. The van der Waals surface area contributed by atoms with Gasteiger partial charge in [-0.15, -0.1) is 24.8 Å². The molecule has 1 aliphatic heterocycles. The molecule has 0 saturated carbocycles. The van der Waals surface area contributed by atoms with E-state index in [0.717, 1.165) is 19.5 Å². The van der Waals surface area contributed by atoms with Crippen LogP contribution in [-0.4, -0.2) is 36.0 Å². The molecular weight excluding hydrogens is 321 g/mol. The fraction of sp³-hybridized carbons (Fsp3) is 0.562. The summed E-state index contributed by atoms with van der Waals surface area (Å²) >= 11 is 0. The Labute approximate surface area is 145 Å². The number of piperidine rings is 1. The minimum absolute atomic E-state index is 0. The van der Waals surface area contributed by atoms with E-state index >= 15 is 0 Å². The summed E-state index contributed by atoms with van der Waals surface area (Å²) in [5.41, 5.74) is 6.92. The molecule has 126 valence electrons. The minimum Gasteiger partial charge on any atom is -0.353 e. The Morgan fingerprint density at radius 3 is 2.64 bits per heavy atom. The number of benzene rings is 1. The summed E-state index contributed by atoms with van der Waals surface area (Å²) in [5, 5.41) is 2.96. The van der Waals surface area contributed by atoms with E-state index in [0.29, 0.717) is 12.6 Å². The van der Waals surface area contributed by atoms with Gasteiger partial charge in [-0.1, -0.05) is 36.8 Å². The number of carbonyl (C=O) groups excluding carboxylic acids is 1. The van der Waals surface area contributed by atoms with Gasteiger partial charge in [-0.2, -0.15) is 0 Å². The molecule has 0 bridgehead atoms. The van der Waals surface area contributed by atoms with E-state index in [1.807, 2.05) is 6.07 Å². The number of carbonyl (C=O) groups is 1. The van der Waals surface area contributed by atoms with Crippen molar-refractivity contribution < 1.29 is 4.79 Å². The van der Waals surface area contributed by atoms with Gasteiger partial charge in [0, 0.05) is 19.1 Å². The van der Waals surface area contributed by atoms with Gasteiger partial charge in [0.1, 0.15) is 0 Å². The fourth-order valence-corrected chi connectivity index (χ4v) is 2.70. The molecule has 0 aromatic heterocycles. The highest BCUT2D eigenvalue weighted by Gasteiger charge is 2.23. The van der Waals surface area contributed by atoms with Crippen LogP contribution in [0.5, 0.6) is 0 Å². The average Bonchev–Trinajstić information content (AvgIpc) is 2.47. The molecule has 4 nitrogen and oxygen atoms in total. The molecule has 3 N–H and O–H groups in total. The van der Waals surface area contributed by atoms with E-state index < -0.39 is 6.04 Å². The third-order valence-corrected chi connectivity index (χ3v) is 3.90. The summed E-state index contributed by atoms with van der Waals surface area (Å²) in [4.78, 5) is 14.1. The van der Waals surface area contributed by atoms with E-state index in [4.69, 9.17) is 5.73 Å². The van der Waals surface area contributed by atoms with Crippen molar-refractivity contribution in [3.8, 4) is 0 Å². The highest BCUT2D eigenvalue weighted by molar-refractivity contribution is 5.85. The summed E-state index contributed by atoms with van der Waals surface area (Å²) in [6.45, 7) is 4.48. The molecular formula is C16H27Cl2N3O. The van der Waals surface area contributed by atoms with Crippen LogP contribution in [0, 0.1) is 0 Å². The Balaban J connectivity index is 0.00000220. The Morgan fingerprint density at radius 1 is 1.32 bits per heavy atom. The smallest absolute Gasteiger partial charge is 0.236 e. The lowest BCUT2D eigenvalue weighted by molar-refractivity contribution is -0.122. The zero-order valence-electron chi connectivity index (χ0n) is 13.0. The monoisotopic (exact) mass is 347 g/mol. The quantitative estimate of drug-likeness (QED) is 0.859. The van der Waals surface area contributed by atoms with Crippen LogP contribution < -0.4 is 11.1 Å². The summed E-state index contributed by atoms with van der Waals surface area (Å²) < 4.78 is 0. The first kappa shape index (κ1) is 21.2. The number of amides is 1. The highest BCUT2D eigenvalue weighted by Crippen LogP contribution is 2.19. The number of nitrogens with two attached hydrogens (primary N) is 1. The van der Waals surface area contributed by atoms with Crippen LogP contribution in [0.15, 0.2) is 30.3 Å². The van der Waals surface area contributed by atoms with Gasteiger partial charge < -0.3 is 11.1 Å². The molecule has 1 aromatic carbocycles. The van der Waals surface area contributed by atoms with Gasteiger partial charge in [-0.3, -0.25) is 9.69 Å². The predicted molar refractivity (Wildman–Crippen MR) is 95.6 cm³/mol. The van der Waals surface area contributed by atoms with Gasteiger partial charge in [0.2, 0.25) is 5.91 Å². The highest BCUT2D eigenvalue weighted by atomic mass is 35.5. The van der Waals surface area contributed by atoms with Crippen molar-refractivity contribution in [2.75, 3.05) is 13.1 Å². The Bertz CT molecular complexity index is 429. The maximum Gasteiger partial charge on any atom is 0.236 e. The number of hydrogen-bond acceptors (Lipinski definition) is 3. The molecule has 0 spiro atoms. The van der Waals surface area contributed by atoms with E-state index in [1.54, 1.807) is 6.92 Å². The van der Waals surface area contributed by atoms with Gasteiger partial charge in [-0.05, 0) is 31.9 Å². The van der Waals surface area contributed by atoms with Crippen LogP contribution in [0.1, 0.15) is 31.7 Å². The molecule has 22 heavy (non-hydrogen) atoms. The van der Waals surface area contributed by atoms with Crippen molar-refractivity contribution in [1.82, 2.24) is 10.2 Å². The maximum absolute atomic E-state index is 11.6. The van der Waals surface area contributed by atoms with Gasteiger partial charge in [0.25, 0.3) is 0 Å². The van der Waals surface area contributed by atoms with Crippen molar-refractivity contribution in [3.05, 3.63) is 35.9 Å². The lowest BCUT2D eigenvalue weighted by Crippen LogP contribution is -2.48. The van der Waals surface area contributed by atoms with Crippen LogP contribution in [0.25, 0.3) is 0 Å². The Morgan fingerprint density at radius 2 is 2.00 bits per heavy atom. The first-order chi connectivity index (χ1) is 9.66. The number of rotatable bonds is 5. The molecule has 1 unspecified atom stereocenters. The summed E-state index contributed by atoms with van der Waals surface area (Å²) in [6, 6.07) is 10.5. The summed E-state index contributed by atoms with van der Waals surface area (Å²) in [5.74, 6) is -0.0600.